The number of carbonyl (C=O) groups excluding carboxylic acids is 1. The zero-order valence-electron chi connectivity index (χ0n) is 13.8. The Bertz CT molecular complexity index is 820. The molecule has 0 unspecified atom stereocenters. The highest BCUT2D eigenvalue weighted by Crippen LogP contribution is 2.24. The normalized spacial score (nSPS) is 12.3. The van der Waals surface area contributed by atoms with Crippen LogP contribution in [0.3, 0.4) is 0 Å². The molecule has 0 radical (unpaired) electrons. The zero-order chi connectivity index (χ0) is 17.1. The molecule has 0 aliphatic carbocycles. The van der Waals surface area contributed by atoms with Crippen molar-refractivity contribution in [2.75, 3.05) is 0 Å². The second kappa shape index (κ2) is 7.55. The fourth-order valence-electron chi connectivity index (χ4n) is 2.51. The molecule has 24 heavy (non-hydrogen) atoms. The van der Waals surface area contributed by atoms with Gasteiger partial charge in [0.05, 0.1) is 23.2 Å². The van der Waals surface area contributed by atoms with E-state index >= 15 is 0 Å². The van der Waals surface area contributed by atoms with Crippen LogP contribution in [0.25, 0.3) is 0 Å². The van der Waals surface area contributed by atoms with Crippen molar-refractivity contribution < 1.29 is 4.79 Å². The first kappa shape index (κ1) is 17.3. The van der Waals surface area contributed by atoms with E-state index in [2.05, 4.69) is 32.1 Å². The van der Waals surface area contributed by atoms with Crippen molar-refractivity contribution in [3.63, 3.8) is 0 Å². The number of thiophene rings is 1. The minimum atomic E-state index is -0.0832. The largest absolute Gasteiger partial charge is 0.346 e. The van der Waals surface area contributed by atoms with Crippen LogP contribution in [-0.2, 0) is 17.6 Å². The molecule has 0 aliphatic rings. The second-order valence-electron chi connectivity index (χ2n) is 5.70. The molecular formula is C17H19N3OS3. The van der Waals surface area contributed by atoms with Crippen LogP contribution >= 0.6 is 34.0 Å². The average Bonchev–Trinajstić information content (AvgIpc) is 3.22. The van der Waals surface area contributed by atoms with E-state index in [9.17, 15) is 4.79 Å². The Morgan fingerprint density at radius 2 is 2.08 bits per heavy atom. The summed E-state index contributed by atoms with van der Waals surface area (Å²) < 4.78 is 0. The summed E-state index contributed by atoms with van der Waals surface area (Å²) in [6.45, 7) is 5.91. The van der Waals surface area contributed by atoms with Gasteiger partial charge in [-0.3, -0.25) is 4.79 Å². The van der Waals surface area contributed by atoms with E-state index in [1.807, 2.05) is 26.2 Å². The number of thiazole rings is 2. The zero-order valence-corrected chi connectivity index (χ0v) is 16.3. The maximum Gasteiger partial charge on any atom is 0.225 e. The number of hydrogen-bond acceptors (Lipinski definition) is 6. The van der Waals surface area contributed by atoms with E-state index in [1.54, 1.807) is 34.0 Å². The van der Waals surface area contributed by atoms with Gasteiger partial charge >= 0.3 is 0 Å². The average molecular weight is 378 g/mol. The Morgan fingerprint density at radius 3 is 2.67 bits per heavy atom. The third-order valence-corrected chi connectivity index (χ3v) is 6.49. The summed E-state index contributed by atoms with van der Waals surface area (Å²) in [5, 5.41) is 11.3. The molecule has 4 nitrogen and oxygen atoms in total. The Balaban J connectivity index is 1.73. The third-order valence-electron chi connectivity index (χ3n) is 3.61. The molecule has 3 rings (SSSR count). The molecule has 0 fully saturated rings. The van der Waals surface area contributed by atoms with E-state index < -0.39 is 0 Å². The van der Waals surface area contributed by atoms with E-state index in [0.717, 1.165) is 32.7 Å². The molecule has 3 aromatic rings. The second-order valence-corrected chi connectivity index (χ2v) is 8.66. The molecule has 0 aliphatic heterocycles. The topological polar surface area (TPSA) is 54.9 Å². The first-order valence-corrected chi connectivity index (χ1v) is 10.3. The summed E-state index contributed by atoms with van der Waals surface area (Å²) in [5.41, 5.74) is 3.17. The third kappa shape index (κ3) is 4.28. The Labute approximate surface area is 153 Å². The summed E-state index contributed by atoms with van der Waals surface area (Å²) in [7, 11) is 0. The highest BCUT2D eigenvalue weighted by molar-refractivity contribution is 7.11. The molecule has 0 saturated heterocycles. The van der Waals surface area contributed by atoms with E-state index in [-0.39, 0.29) is 11.9 Å². The number of carbonyl (C=O) groups is 1. The van der Waals surface area contributed by atoms with Crippen LogP contribution in [0.1, 0.15) is 37.9 Å². The van der Waals surface area contributed by atoms with Crippen molar-refractivity contribution >= 4 is 39.9 Å². The number of aromatic nitrogens is 2. The van der Waals surface area contributed by atoms with Gasteiger partial charge in [0.25, 0.3) is 0 Å². The SMILES string of the molecule is Cc1csc([C@@H](Cc2ccsc2)NC(=O)Cc2sc(C)nc2C)n1. The Morgan fingerprint density at radius 1 is 1.25 bits per heavy atom. The maximum absolute atomic E-state index is 12.5. The van der Waals surface area contributed by atoms with Gasteiger partial charge in [0, 0.05) is 22.4 Å². The summed E-state index contributed by atoms with van der Waals surface area (Å²) in [6, 6.07) is 2.01. The molecule has 1 amide bonds. The van der Waals surface area contributed by atoms with Crippen LogP contribution in [0.4, 0.5) is 0 Å². The smallest absolute Gasteiger partial charge is 0.225 e. The summed E-state index contributed by atoms with van der Waals surface area (Å²) in [6.07, 6.45) is 1.14. The van der Waals surface area contributed by atoms with Gasteiger partial charge in [0.1, 0.15) is 5.01 Å². The lowest BCUT2D eigenvalue weighted by Crippen LogP contribution is -2.31. The van der Waals surface area contributed by atoms with E-state index in [0.29, 0.717) is 6.42 Å². The van der Waals surface area contributed by atoms with E-state index in [1.165, 1.54) is 5.56 Å². The van der Waals surface area contributed by atoms with Crippen LogP contribution in [0.5, 0.6) is 0 Å². The standard InChI is InChI=1S/C17H19N3OS3/c1-10-8-23-17(18-10)14(6-13-4-5-22-9-13)20-16(21)7-15-11(2)19-12(3)24-15/h4-5,8-9,14H,6-7H2,1-3H3,(H,20,21)/t14-/m1/s1. The number of nitrogens with one attached hydrogen (secondary N) is 1. The van der Waals surface area contributed by atoms with Crippen molar-refractivity contribution in [3.8, 4) is 0 Å². The molecule has 1 N–H and O–H groups in total. The van der Waals surface area contributed by atoms with Crippen molar-refractivity contribution in [1.29, 1.82) is 0 Å². The highest BCUT2D eigenvalue weighted by atomic mass is 32.1. The number of nitrogens with zero attached hydrogens (tertiary/aromatic N) is 2. The molecule has 3 heterocycles. The molecule has 0 spiro atoms. The van der Waals surface area contributed by atoms with E-state index in [4.69, 9.17) is 0 Å². The van der Waals surface area contributed by atoms with Crippen LogP contribution in [-0.4, -0.2) is 15.9 Å². The van der Waals surface area contributed by atoms with Crippen LogP contribution in [0, 0.1) is 20.8 Å². The summed E-state index contributed by atoms with van der Waals surface area (Å²) in [4.78, 5) is 22.5. The van der Waals surface area contributed by atoms with Gasteiger partial charge in [-0.05, 0) is 43.2 Å². The van der Waals surface area contributed by atoms with Gasteiger partial charge in [0.15, 0.2) is 0 Å². The fourth-order valence-corrected chi connectivity index (χ4v) is 4.97. The number of amides is 1. The lowest BCUT2D eigenvalue weighted by Gasteiger charge is -2.16. The molecule has 126 valence electrons. The molecular weight excluding hydrogens is 358 g/mol. The first-order chi connectivity index (χ1) is 11.5. The lowest BCUT2D eigenvalue weighted by atomic mass is 10.1. The molecule has 1 atom stereocenters. The van der Waals surface area contributed by atoms with Crippen molar-refractivity contribution in [2.45, 2.75) is 39.7 Å². The summed E-state index contributed by atoms with van der Waals surface area (Å²) in [5.74, 6) is 0.0230. The van der Waals surface area contributed by atoms with Crippen molar-refractivity contribution in [2.24, 2.45) is 0 Å². The van der Waals surface area contributed by atoms with Gasteiger partial charge in [-0.2, -0.15) is 11.3 Å². The highest BCUT2D eigenvalue weighted by Gasteiger charge is 2.20. The Hall–Kier alpha value is -1.57. The molecule has 0 bridgehead atoms. The molecule has 7 heteroatoms. The van der Waals surface area contributed by atoms with Crippen LogP contribution < -0.4 is 5.32 Å². The van der Waals surface area contributed by atoms with Crippen molar-refractivity contribution in [1.82, 2.24) is 15.3 Å². The first-order valence-electron chi connectivity index (χ1n) is 7.66. The van der Waals surface area contributed by atoms with Crippen LogP contribution in [0.2, 0.25) is 0 Å². The molecule has 0 aromatic carbocycles. The minimum absolute atomic E-state index is 0.0230. The van der Waals surface area contributed by atoms with Crippen LogP contribution in [0.15, 0.2) is 22.2 Å². The predicted octanol–water partition coefficient (Wildman–Crippen LogP) is 4.23. The van der Waals surface area contributed by atoms with Crippen molar-refractivity contribution in [3.05, 3.63) is 54.1 Å². The monoisotopic (exact) mass is 377 g/mol. The summed E-state index contributed by atoms with van der Waals surface area (Å²) >= 11 is 4.87. The number of aryl methyl sites for hydroxylation is 3. The molecule has 0 saturated carbocycles. The lowest BCUT2D eigenvalue weighted by molar-refractivity contribution is -0.121. The fraction of sp³-hybridized carbons (Fsp3) is 0.353. The number of hydrogen-bond donors (Lipinski definition) is 1. The van der Waals surface area contributed by atoms with Gasteiger partial charge < -0.3 is 5.32 Å². The van der Waals surface area contributed by atoms with Gasteiger partial charge in [-0.1, -0.05) is 0 Å². The minimum Gasteiger partial charge on any atom is -0.346 e. The predicted molar refractivity (Wildman–Crippen MR) is 101 cm³/mol. The molecule has 3 aromatic heterocycles. The Kier molecular flexibility index (Phi) is 5.43. The maximum atomic E-state index is 12.5. The van der Waals surface area contributed by atoms with Gasteiger partial charge in [0.2, 0.25) is 5.91 Å². The van der Waals surface area contributed by atoms with Gasteiger partial charge in [-0.25, -0.2) is 9.97 Å². The quantitative estimate of drug-likeness (QED) is 0.699. The van der Waals surface area contributed by atoms with Gasteiger partial charge in [-0.15, -0.1) is 22.7 Å². The number of rotatable bonds is 6.